The predicted octanol–water partition coefficient (Wildman–Crippen LogP) is 7.99. The van der Waals surface area contributed by atoms with Gasteiger partial charge in [0.15, 0.2) is 0 Å². The molecule has 0 saturated carbocycles. The molecule has 0 aromatic carbocycles. The minimum Gasteiger partial charge on any atom is -0.381 e. The van der Waals surface area contributed by atoms with Crippen molar-refractivity contribution in [1.82, 2.24) is 0 Å². The third kappa shape index (κ3) is 17.8. The zero-order valence-electron chi connectivity index (χ0n) is 17.9. The van der Waals surface area contributed by atoms with E-state index in [9.17, 15) is 13.2 Å². The molecule has 28 heavy (non-hydrogen) atoms. The maximum Gasteiger partial charge on any atom is 0.389 e. The van der Waals surface area contributed by atoms with E-state index in [2.05, 4.69) is 0 Å². The second kappa shape index (κ2) is 17.6. The highest BCUT2D eigenvalue weighted by molar-refractivity contribution is 4.63. The second-order valence-corrected chi connectivity index (χ2v) is 8.35. The summed E-state index contributed by atoms with van der Waals surface area (Å²) < 4.78 is 47.4. The number of alkyl halides is 3. The molecule has 1 heterocycles. The first kappa shape index (κ1) is 25.7. The van der Waals surface area contributed by atoms with Gasteiger partial charge in [0.25, 0.3) is 0 Å². The topological polar surface area (TPSA) is 18.5 Å². The molecule has 1 unspecified atom stereocenters. The molecule has 168 valence electrons. The molecule has 1 aliphatic heterocycles. The van der Waals surface area contributed by atoms with Crippen molar-refractivity contribution in [3.05, 3.63) is 0 Å². The van der Waals surface area contributed by atoms with E-state index < -0.39 is 12.6 Å². The Labute approximate surface area is 170 Å². The minimum atomic E-state index is -3.98. The lowest BCUT2D eigenvalue weighted by Crippen LogP contribution is -2.20. The first-order valence-corrected chi connectivity index (χ1v) is 11.8. The molecule has 0 aliphatic carbocycles. The van der Waals surface area contributed by atoms with Crippen molar-refractivity contribution in [1.29, 1.82) is 0 Å². The van der Waals surface area contributed by atoms with Gasteiger partial charge in [0.1, 0.15) is 0 Å². The van der Waals surface area contributed by atoms with Gasteiger partial charge in [-0.3, -0.25) is 0 Å². The van der Waals surface area contributed by atoms with E-state index in [0.29, 0.717) is 12.5 Å². The number of hydrogen-bond donors (Lipinski definition) is 0. The van der Waals surface area contributed by atoms with Gasteiger partial charge in [-0.05, 0) is 38.5 Å². The fourth-order valence-corrected chi connectivity index (χ4v) is 3.83. The van der Waals surface area contributed by atoms with Crippen LogP contribution >= 0.6 is 0 Å². The average molecular weight is 409 g/mol. The summed E-state index contributed by atoms with van der Waals surface area (Å²) in [7, 11) is 0. The zero-order valence-corrected chi connectivity index (χ0v) is 17.9. The van der Waals surface area contributed by atoms with Gasteiger partial charge in [-0.2, -0.15) is 13.2 Å². The summed E-state index contributed by atoms with van der Waals surface area (Å²) in [5.41, 5.74) is 0. The van der Waals surface area contributed by atoms with Gasteiger partial charge in [-0.15, -0.1) is 0 Å². The fraction of sp³-hybridized carbons (Fsp3) is 1.00. The van der Waals surface area contributed by atoms with E-state index in [4.69, 9.17) is 9.47 Å². The van der Waals surface area contributed by atoms with E-state index in [0.717, 1.165) is 45.5 Å². The van der Waals surface area contributed by atoms with E-state index in [1.807, 2.05) is 0 Å². The highest BCUT2D eigenvalue weighted by Crippen LogP contribution is 2.23. The monoisotopic (exact) mass is 408 g/mol. The Morgan fingerprint density at radius 1 is 0.679 bits per heavy atom. The van der Waals surface area contributed by atoms with Crippen molar-refractivity contribution >= 4 is 0 Å². The number of halogens is 3. The van der Waals surface area contributed by atoms with E-state index in [1.165, 1.54) is 77.0 Å². The molecule has 1 rings (SSSR count). The van der Waals surface area contributed by atoms with Crippen LogP contribution in [0.2, 0.25) is 0 Å². The SMILES string of the molecule is FC(F)(F)CCCCCCCCCCCCCCCOCCC1CCCCO1. The highest BCUT2D eigenvalue weighted by atomic mass is 19.4. The summed E-state index contributed by atoms with van der Waals surface area (Å²) >= 11 is 0. The molecule has 0 N–H and O–H groups in total. The molecular formula is C23H43F3O2. The molecule has 0 bridgehead atoms. The van der Waals surface area contributed by atoms with Crippen LogP contribution in [0.25, 0.3) is 0 Å². The second-order valence-electron chi connectivity index (χ2n) is 8.35. The maximum atomic E-state index is 12.0. The van der Waals surface area contributed by atoms with Crippen LogP contribution < -0.4 is 0 Å². The van der Waals surface area contributed by atoms with Gasteiger partial charge < -0.3 is 9.47 Å². The Balaban J connectivity index is 1.66. The molecule has 0 radical (unpaired) electrons. The van der Waals surface area contributed by atoms with Gasteiger partial charge >= 0.3 is 6.18 Å². The van der Waals surface area contributed by atoms with Gasteiger partial charge in [0.2, 0.25) is 0 Å². The third-order valence-electron chi connectivity index (χ3n) is 5.61. The summed E-state index contributed by atoms with van der Waals surface area (Å²) in [5.74, 6) is 0. The van der Waals surface area contributed by atoms with Crippen molar-refractivity contribution in [2.75, 3.05) is 19.8 Å². The summed E-state index contributed by atoms with van der Waals surface area (Å²) in [6, 6.07) is 0. The Morgan fingerprint density at radius 3 is 1.71 bits per heavy atom. The Hall–Kier alpha value is -0.290. The van der Waals surface area contributed by atoms with Crippen molar-refractivity contribution in [3.63, 3.8) is 0 Å². The van der Waals surface area contributed by atoms with Crippen LogP contribution in [-0.2, 0) is 9.47 Å². The maximum absolute atomic E-state index is 12.0. The quantitative estimate of drug-likeness (QED) is 0.214. The van der Waals surface area contributed by atoms with Crippen LogP contribution in [0.5, 0.6) is 0 Å². The lowest BCUT2D eigenvalue weighted by Gasteiger charge is -2.22. The summed E-state index contributed by atoms with van der Waals surface area (Å²) in [4.78, 5) is 0. The standard InChI is InChI=1S/C23H43F3O2/c24-23(25,26)18-13-10-8-6-4-2-1-3-5-7-9-11-14-19-27-21-17-22-16-12-15-20-28-22/h22H,1-21H2. The molecule has 0 spiro atoms. The molecule has 0 aromatic rings. The van der Waals surface area contributed by atoms with Crippen LogP contribution in [0.15, 0.2) is 0 Å². The summed E-state index contributed by atoms with van der Waals surface area (Å²) in [5, 5.41) is 0. The normalized spacial score (nSPS) is 17.9. The molecular weight excluding hydrogens is 365 g/mol. The Morgan fingerprint density at radius 2 is 1.21 bits per heavy atom. The van der Waals surface area contributed by atoms with Gasteiger partial charge in [-0.25, -0.2) is 0 Å². The van der Waals surface area contributed by atoms with Gasteiger partial charge in [0.05, 0.1) is 6.10 Å². The minimum absolute atomic E-state index is 0.295. The fourth-order valence-electron chi connectivity index (χ4n) is 3.83. The lowest BCUT2D eigenvalue weighted by atomic mass is 10.0. The number of hydrogen-bond acceptors (Lipinski definition) is 2. The number of unbranched alkanes of at least 4 members (excludes halogenated alkanes) is 12. The largest absolute Gasteiger partial charge is 0.389 e. The van der Waals surface area contributed by atoms with Crippen LogP contribution in [0.1, 0.15) is 116 Å². The highest BCUT2D eigenvalue weighted by Gasteiger charge is 2.25. The third-order valence-corrected chi connectivity index (χ3v) is 5.61. The summed E-state index contributed by atoms with van der Waals surface area (Å²) in [6.45, 7) is 2.65. The van der Waals surface area contributed by atoms with E-state index >= 15 is 0 Å². The van der Waals surface area contributed by atoms with Crippen molar-refractivity contribution in [2.45, 2.75) is 128 Å². The zero-order chi connectivity index (χ0) is 20.3. The first-order chi connectivity index (χ1) is 13.6. The van der Waals surface area contributed by atoms with Gasteiger partial charge in [0, 0.05) is 26.2 Å². The predicted molar refractivity (Wildman–Crippen MR) is 110 cm³/mol. The van der Waals surface area contributed by atoms with Crippen LogP contribution in [0, 0.1) is 0 Å². The molecule has 0 aromatic heterocycles. The van der Waals surface area contributed by atoms with Crippen molar-refractivity contribution in [3.8, 4) is 0 Å². The lowest BCUT2D eigenvalue weighted by molar-refractivity contribution is -0.135. The van der Waals surface area contributed by atoms with Crippen molar-refractivity contribution < 1.29 is 22.6 Å². The number of ether oxygens (including phenoxy) is 2. The van der Waals surface area contributed by atoms with E-state index in [-0.39, 0.29) is 0 Å². The molecule has 2 nitrogen and oxygen atoms in total. The molecule has 1 fully saturated rings. The first-order valence-electron chi connectivity index (χ1n) is 11.8. The number of rotatable bonds is 18. The molecule has 1 atom stereocenters. The smallest absolute Gasteiger partial charge is 0.381 e. The molecule has 5 heteroatoms. The van der Waals surface area contributed by atoms with Crippen LogP contribution in [0.3, 0.4) is 0 Å². The van der Waals surface area contributed by atoms with Crippen LogP contribution in [-0.4, -0.2) is 32.1 Å². The summed E-state index contributed by atoms with van der Waals surface area (Å²) in [6.07, 6.45) is 15.0. The molecule has 0 amide bonds. The molecule has 1 saturated heterocycles. The molecule has 1 aliphatic rings. The van der Waals surface area contributed by atoms with Crippen LogP contribution in [0.4, 0.5) is 13.2 Å². The Kier molecular flexibility index (Phi) is 16.1. The van der Waals surface area contributed by atoms with E-state index in [1.54, 1.807) is 0 Å². The van der Waals surface area contributed by atoms with Gasteiger partial charge in [-0.1, -0.05) is 70.6 Å². The average Bonchev–Trinajstić information content (AvgIpc) is 2.67. The van der Waals surface area contributed by atoms with Crippen molar-refractivity contribution in [2.24, 2.45) is 0 Å². The Bertz CT molecular complexity index is 328.